The second-order valence-corrected chi connectivity index (χ2v) is 3.16. The number of nitrogens with zero attached hydrogens (tertiary/aromatic N) is 1. The van der Waals surface area contributed by atoms with Gasteiger partial charge in [0.05, 0.1) is 0 Å². The maximum Gasteiger partial charge on any atom is 0.0422 e. The summed E-state index contributed by atoms with van der Waals surface area (Å²) in [5.74, 6) is 0. The number of aromatic nitrogens is 1. The number of aryl methyl sites for hydroxylation is 1. The van der Waals surface area contributed by atoms with E-state index in [-0.39, 0.29) is 0 Å². The molecule has 1 atom stereocenters. The van der Waals surface area contributed by atoms with E-state index >= 15 is 0 Å². The van der Waals surface area contributed by atoms with Gasteiger partial charge in [0.1, 0.15) is 0 Å². The topological polar surface area (TPSA) is 24.9 Å². The van der Waals surface area contributed by atoms with Gasteiger partial charge in [0.15, 0.2) is 0 Å². The monoisotopic (exact) mass is 164 g/mol. The third kappa shape index (κ3) is 2.62. The minimum Gasteiger partial charge on any atom is -0.317 e. The molecule has 1 aromatic rings. The molecule has 1 rings (SSSR count). The number of hydrogen-bond donors (Lipinski definition) is 1. The Hall–Kier alpha value is -0.890. The van der Waals surface area contributed by atoms with Crippen molar-refractivity contribution in [1.29, 1.82) is 0 Å². The van der Waals surface area contributed by atoms with Gasteiger partial charge in [-0.25, -0.2) is 0 Å². The molecular formula is C10H16N2. The van der Waals surface area contributed by atoms with Crippen LogP contribution in [0.4, 0.5) is 0 Å². The summed E-state index contributed by atoms with van der Waals surface area (Å²) in [4.78, 5) is 4.42. The number of pyridine rings is 1. The summed E-state index contributed by atoms with van der Waals surface area (Å²) in [6.07, 6.45) is 0.998. The summed E-state index contributed by atoms with van der Waals surface area (Å²) in [6, 6.07) is 6.65. The average molecular weight is 164 g/mol. The van der Waals surface area contributed by atoms with Crippen LogP contribution in [0.15, 0.2) is 18.2 Å². The van der Waals surface area contributed by atoms with Gasteiger partial charge < -0.3 is 5.32 Å². The van der Waals surface area contributed by atoms with E-state index in [1.54, 1.807) is 0 Å². The van der Waals surface area contributed by atoms with E-state index in [1.165, 1.54) is 0 Å². The van der Waals surface area contributed by atoms with E-state index in [4.69, 9.17) is 0 Å². The zero-order valence-corrected chi connectivity index (χ0v) is 7.96. The van der Waals surface area contributed by atoms with E-state index < -0.39 is 0 Å². The highest BCUT2D eigenvalue weighted by molar-refractivity contribution is 5.10. The Morgan fingerprint density at radius 3 is 2.83 bits per heavy atom. The summed E-state index contributed by atoms with van der Waals surface area (Å²) in [5, 5.41) is 3.19. The minimum absolute atomic E-state index is 0.499. The fourth-order valence-electron chi connectivity index (χ4n) is 1.13. The molecule has 0 saturated carbocycles. The number of rotatable bonds is 3. The lowest BCUT2D eigenvalue weighted by atomic mass is 10.1. The molecular weight excluding hydrogens is 148 g/mol. The predicted octanol–water partition coefficient (Wildman–Crippen LogP) is 1.54. The molecule has 1 heterocycles. The van der Waals surface area contributed by atoms with Crippen molar-refractivity contribution in [3.05, 3.63) is 29.6 Å². The quantitative estimate of drug-likeness (QED) is 0.733. The van der Waals surface area contributed by atoms with Crippen LogP contribution in [0.1, 0.15) is 18.3 Å². The first-order chi connectivity index (χ1) is 5.72. The molecule has 1 N–H and O–H groups in total. The molecule has 0 aliphatic heterocycles. The fourth-order valence-corrected chi connectivity index (χ4v) is 1.13. The van der Waals surface area contributed by atoms with Crippen LogP contribution in [0.25, 0.3) is 0 Å². The number of hydrogen-bond acceptors (Lipinski definition) is 2. The standard InChI is InChI=1S/C10H16N2/c1-8-5-4-6-10(12-8)7-9(2)11-3/h4-6,9,11H,7H2,1-3H3/t9-/m0/s1. The van der Waals surface area contributed by atoms with Crippen molar-refractivity contribution >= 4 is 0 Å². The SMILES string of the molecule is CN[C@@H](C)Cc1cccc(C)n1. The van der Waals surface area contributed by atoms with Crippen LogP contribution >= 0.6 is 0 Å². The highest BCUT2D eigenvalue weighted by Gasteiger charge is 2.00. The lowest BCUT2D eigenvalue weighted by Crippen LogP contribution is -2.24. The fraction of sp³-hybridized carbons (Fsp3) is 0.500. The molecule has 0 spiro atoms. The van der Waals surface area contributed by atoms with Crippen molar-refractivity contribution in [2.45, 2.75) is 26.3 Å². The summed E-state index contributed by atoms with van der Waals surface area (Å²) in [7, 11) is 1.97. The summed E-state index contributed by atoms with van der Waals surface area (Å²) in [6.45, 7) is 4.18. The first-order valence-corrected chi connectivity index (χ1v) is 4.32. The van der Waals surface area contributed by atoms with Crippen molar-refractivity contribution in [3.63, 3.8) is 0 Å². The van der Waals surface area contributed by atoms with Crippen LogP contribution < -0.4 is 5.32 Å². The summed E-state index contributed by atoms with van der Waals surface area (Å²) >= 11 is 0. The summed E-state index contributed by atoms with van der Waals surface area (Å²) < 4.78 is 0. The molecule has 2 heteroatoms. The molecule has 0 unspecified atom stereocenters. The lowest BCUT2D eigenvalue weighted by molar-refractivity contribution is 0.600. The maximum atomic E-state index is 4.42. The molecule has 12 heavy (non-hydrogen) atoms. The Kier molecular flexibility index (Phi) is 3.23. The summed E-state index contributed by atoms with van der Waals surface area (Å²) in [5.41, 5.74) is 2.26. The molecule has 0 radical (unpaired) electrons. The zero-order valence-electron chi connectivity index (χ0n) is 7.96. The molecule has 0 bridgehead atoms. The van der Waals surface area contributed by atoms with Crippen molar-refractivity contribution in [1.82, 2.24) is 10.3 Å². The van der Waals surface area contributed by atoms with Gasteiger partial charge >= 0.3 is 0 Å². The number of likely N-dealkylation sites (N-methyl/N-ethyl adjacent to an activating group) is 1. The van der Waals surface area contributed by atoms with Gasteiger partial charge in [-0.1, -0.05) is 6.07 Å². The largest absolute Gasteiger partial charge is 0.317 e. The third-order valence-corrected chi connectivity index (χ3v) is 1.95. The average Bonchev–Trinajstić information content (AvgIpc) is 2.04. The van der Waals surface area contributed by atoms with Gasteiger partial charge in [0, 0.05) is 23.9 Å². The predicted molar refractivity (Wildman–Crippen MR) is 51.2 cm³/mol. The Morgan fingerprint density at radius 2 is 2.25 bits per heavy atom. The van der Waals surface area contributed by atoms with Gasteiger partial charge in [0.2, 0.25) is 0 Å². The Balaban J connectivity index is 2.63. The van der Waals surface area contributed by atoms with Crippen molar-refractivity contribution in [3.8, 4) is 0 Å². The third-order valence-electron chi connectivity index (χ3n) is 1.95. The Morgan fingerprint density at radius 1 is 1.50 bits per heavy atom. The van der Waals surface area contributed by atoms with Gasteiger partial charge in [-0.15, -0.1) is 0 Å². The smallest absolute Gasteiger partial charge is 0.0422 e. The molecule has 1 aromatic heterocycles. The highest BCUT2D eigenvalue weighted by atomic mass is 14.9. The van der Waals surface area contributed by atoms with Crippen LogP contribution in [0, 0.1) is 6.92 Å². The molecule has 66 valence electrons. The molecule has 0 saturated heterocycles. The highest BCUT2D eigenvalue weighted by Crippen LogP contribution is 2.01. The minimum atomic E-state index is 0.499. The van der Waals surface area contributed by atoms with E-state index in [2.05, 4.69) is 29.4 Å². The van der Waals surface area contributed by atoms with E-state index in [0.717, 1.165) is 17.8 Å². The Bertz CT molecular complexity index is 245. The van der Waals surface area contributed by atoms with E-state index in [1.807, 2.05) is 20.0 Å². The number of nitrogens with one attached hydrogen (secondary N) is 1. The van der Waals surface area contributed by atoms with Crippen molar-refractivity contribution < 1.29 is 0 Å². The molecule has 0 aliphatic carbocycles. The molecule has 0 aliphatic rings. The van der Waals surface area contributed by atoms with Gasteiger partial charge in [-0.2, -0.15) is 0 Å². The lowest BCUT2D eigenvalue weighted by Gasteiger charge is -2.08. The second-order valence-electron chi connectivity index (χ2n) is 3.16. The van der Waals surface area contributed by atoms with Gasteiger partial charge in [-0.3, -0.25) is 4.98 Å². The van der Waals surface area contributed by atoms with Gasteiger partial charge in [0.25, 0.3) is 0 Å². The van der Waals surface area contributed by atoms with E-state index in [9.17, 15) is 0 Å². The first-order valence-electron chi connectivity index (χ1n) is 4.32. The normalized spacial score (nSPS) is 12.9. The Labute approximate surface area is 74.0 Å². The van der Waals surface area contributed by atoms with Crippen molar-refractivity contribution in [2.75, 3.05) is 7.05 Å². The van der Waals surface area contributed by atoms with Crippen LogP contribution in [0.3, 0.4) is 0 Å². The van der Waals surface area contributed by atoms with Crippen LogP contribution in [-0.2, 0) is 6.42 Å². The van der Waals surface area contributed by atoms with Gasteiger partial charge in [-0.05, 0) is 33.0 Å². The molecule has 0 fully saturated rings. The van der Waals surface area contributed by atoms with Crippen LogP contribution in [0.2, 0.25) is 0 Å². The van der Waals surface area contributed by atoms with Crippen LogP contribution in [0.5, 0.6) is 0 Å². The van der Waals surface area contributed by atoms with E-state index in [0.29, 0.717) is 6.04 Å². The first kappa shape index (κ1) is 9.20. The van der Waals surface area contributed by atoms with Crippen LogP contribution in [-0.4, -0.2) is 18.1 Å². The maximum absolute atomic E-state index is 4.42. The molecule has 2 nitrogen and oxygen atoms in total. The molecule has 0 amide bonds. The molecule has 0 aromatic carbocycles. The van der Waals surface area contributed by atoms with Crippen molar-refractivity contribution in [2.24, 2.45) is 0 Å². The zero-order chi connectivity index (χ0) is 8.97. The second kappa shape index (κ2) is 4.21.